The first kappa shape index (κ1) is 14.5. The summed E-state index contributed by atoms with van der Waals surface area (Å²) in [6, 6.07) is 3.82. The van der Waals surface area contributed by atoms with Crippen molar-refractivity contribution >= 4 is 23.2 Å². The maximum Gasteiger partial charge on any atom is 0.263 e. The van der Waals surface area contributed by atoms with Crippen LogP contribution in [0.5, 0.6) is 0 Å². The Morgan fingerprint density at radius 1 is 1.33 bits per heavy atom. The number of hydrogen-bond acceptors (Lipinski definition) is 4. The van der Waals surface area contributed by atoms with Crippen LogP contribution >= 0.6 is 11.3 Å². The number of amides is 2. The number of carbonyl (C=O) groups is 2. The van der Waals surface area contributed by atoms with Gasteiger partial charge in [-0.25, -0.2) is 0 Å². The Labute approximate surface area is 128 Å². The minimum absolute atomic E-state index is 0.0676. The Kier molecular flexibility index (Phi) is 4.26. The molecular formula is C15H21N3O2S. The predicted molar refractivity (Wildman–Crippen MR) is 82.3 cm³/mol. The lowest BCUT2D eigenvalue weighted by molar-refractivity contribution is -0.122. The van der Waals surface area contributed by atoms with Gasteiger partial charge in [-0.15, -0.1) is 11.3 Å². The quantitative estimate of drug-likeness (QED) is 0.902. The summed E-state index contributed by atoms with van der Waals surface area (Å²) in [6.07, 6.45) is 1.08. The van der Waals surface area contributed by atoms with Gasteiger partial charge in [0.2, 0.25) is 5.91 Å². The average molecular weight is 307 g/mol. The second-order valence-corrected chi connectivity index (χ2v) is 6.85. The second kappa shape index (κ2) is 6.15. The third kappa shape index (κ3) is 3.11. The number of nitrogens with one attached hydrogen (secondary N) is 1. The van der Waals surface area contributed by atoms with E-state index in [0.717, 1.165) is 37.5 Å². The van der Waals surface area contributed by atoms with Crippen LogP contribution in [-0.4, -0.2) is 61.4 Å². The van der Waals surface area contributed by atoms with Gasteiger partial charge in [0.05, 0.1) is 11.4 Å². The fourth-order valence-electron chi connectivity index (χ4n) is 3.39. The van der Waals surface area contributed by atoms with Crippen molar-refractivity contribution in [2.75, 3.05) is 39.8 Å². The minimum Gasteiger partial charge on any atom is -0.358 e. The highest BCUT2D eigenvalue weighted by Crippen LogP contribution is 2.32. The monoisotopic (exact) mass is 307 g/mol. The first-order valence-corrected chi connectivity index (χ1v) is 8.31. The van der Waals surface area contributed by atoms with Gasteiger partial charge >= 0.3 is 0 Å². The van der Waals surface area contributed by atoms with Gasteiger partial charge in [0.15, 0.2) is 0 Å². The zero-order valence-corrected chi connectivity index (χ0v) is 13.1. The van der Waals surface area contributed by atoms with E-state index in [9.17, 15) is 9.59 Å². The molecule has 2 aliphatic rings. The fourth-order valence-corrected chi connectivity index (χ4v) is 4.08. The van der Waals surface area contributed by atoms with Gasteiger partial charge in [0, 0.05) is 26.7 Å². The summed E-state index contributed by atoms with van der Waals surface area (Å²) in [5.74, 6) is 1.33. The normalized spacial score (nSPS) is 25.7. The lowest BCUT2D eigenvalue weighted by atomic mass is 9.89. The summed E-state index contributed by atoms with van der Waals surface area (Å²) in [5.41, 5.74) is 0. The number of rotatable bonds is 3. The van der Waals surface area contributed by atoms with Gasteiger partial charge in [-0.05, 0) is 36.2 Å². The van der Waals surface area contributed by atoms with E-state index in [-0.39, 0.29) is 11.8 Å². The molecule has 5 nitrogen and oxygen atoms in total. The summed E-state index contributed by atoms with van der Waals surface area (Å²) in [6.45, 7) is 4.04. The van der Waals surface area contributed by atoms with E-state index >= 15 is 0 Å². The van der Waals surface area contributed by atoms with E-state index in [0.29, 0.717) is 18.4 Å². The van der Waals surface area contributed by atoms with Gasteiger partial charge in [0.1, 0.15) is 0 Å². The van der Waals surface area contributed by atoms with Gasteiger partial charge in [0.25, 0.3) is 5.91 Å². The molecule has 2 fully saturated rings. The Balaban J connectivity index is 1.59. The van der Waals surface area contributed by atoms with E-state index < -0.39 is 0 Å². The summed E-state index contributed by atoms with van der Waals surface area (Å²) in [4.78, 5) is 28.9. The van der Waals surface area contributed by atoms with Crippen LogP contribution in [0.25, 0.3) is 0 Å². The molecule has 3 rings (SSSR count). The largest absolute Gasteiger partial charge is 0.358 e. The van der Waals surface area contributed by atoms with Crippen molar-refractivity contribution in [1.82, 2.24) is 15.1 Å². The Morgan fingerprint density at radius 2 is 2.14 bits per heavy atom. The molecule has 1 aromatic heterocycles. The molecular weight excluding hydrogens is 286 g/mol. The molecule has 2 amide bonds. The van der Waals surface area contributed by atoms with Crippen LogP contribution in [0.1, 0.15) is 16.1 Å². The summed E-state index contributed by atoms with van der Waals surface area (Å²) >= 11 is 1.51. The number of carbonyl (C=O) groups excluding carboxylic acids is 2. The van der Waals surface area contributed by atoms with E-state index in [1.165, 1.54) is 11.3 Å². The molecule has 1 N–H and O–H groups in total. The zero-order valence-electron chi connectivity index (χ0n) is 12.2. The molecule has 3 heterocycles. The molecule has 0 saturated carbocycles. The van der Waals surface area contributed by atoms with E-state index in [1.54, 1.807) is 7.05 Å². The highest BCUT2D eigenvalue weighted by atomic mass is 32.1. The molecule has 114 valence electrons. The molecule has 2 aliphatic heterocycles. The number of hydrogen-bond donors (Lipinski definition) is 1. The van der Waals surface area contributed by atoms with Crippen molar-refractivity contribution in [3.05, 3.63) is 22.4 Å². The highest BCUT2D eigenvalue weighted by molar-refractivity contribution is 7.12. The molecule has 0 radical (unpaired) electrons. The number of fused-ring (bicyclic) bond motifs is 1. The predicted octanol–water partition coefficient (Wildman–Crippen LogP) is 0.888. The van der Waals surface area contributed by atoms with Crippen molar-refractivity contribution in [2.24, 2.45) is 11.8 Å². The van der Waals surface area contributed by atoms with Crippen molar-refractivity contribution in [3.8, 4) is 0 Å². The lowest BCUT2D eigenvalue weighted by Gasteiger charge is -2.33. The van der Waals surface area contributed by atoms with Crippen molar-refractivity contribution in [3.63, 3.8) is 0 Å². The van der Waals surface area contributed by atoms with Crippen molar-refractivity contribution in [1.29, 1.82) is 0 Å². The topological polar surface area (TPSA) is 52.7 Å². The summed E-state index contributed by atoms with van der Waals surface area (Å²) < 4.78 is 0. The summed E-state index contributed by atoms with van der Waals surface area (Å²) in [5, 5.41) is 4.62. The molecule has 0 aliphatic carbocycles. The maximum absolute atomic E-state index is 12.4. The van der Waals surface area contributed by atoms with Gasteiger partial charge < -0.3 is 10.2 Å². The Bertz CT molecular complexity index is 517. The van der Waals surface area contributed by atoms with Crippen molar-refractivity contribution in [2.45, 2.75) is 6.42 Å². The van der Waals surface area contributed by atoms with E-state index in [4.69, 9.17) is 0 Å². The van der Waals surface area contributed by atoms with Crippen LogP contribution in [0, 0.1) is 11.8 Å². The third-order valence-corrected chi connectivity index (χ3v) is 5.41. The molecule has 2 atom stereocenters. The number of likely N-dealkylation sites (tertiary alicyclic amines) is 2. The van der Waals surface area contributed by atoms with Crippen LogP contribution in [0.15, 0.2) is 17.5 Å². The Morgan fingerprint density at radius 3 is 2.86 bits per heavy atom. The van der Waals surface area contributed by atoms with E-state index in [1.807, 2.05) is 22.4 Å². The smallest absolute Gasteiger partial charge is 0.263 e. The maximum atomic E-state index is 12.4. The third-order valence-electron chi connectivity index (χ3n) is 4.55. The lowest BCUT2D eigenvalue weighted by Crippen LogP contribution is -2.44. The van der Waals surface area contributed by atoms with E-state index in [2.05, 4.69) is 10.2 Å². The number of thiophene rings is 1. The zero-order chi connectivity index (χ0) is 14.8. The molecule has 0 bridgehead atoms. The first-order chi connectivity index (χ1) is 10.2. The molecule has 6 heteroatoms. The van der Waals surface area contributed by atoms with Crippen LogP contribution in [0.2, 0.25) is 0 Å². The minimum atomic E-state index is 0.0676. The molecule has 0 aromatic carbocycles. The number of likely N-dealkylation sites (N-methyl/N-ethyl adjacent to an activating group) is 1. The molecule has 0 spiro atoms. The van der Waals surface area contributed by atoms with Gasteiger partial charge in [-0.3, -0.25) is 14.5 Å². The number of piperidine rings is 1. The molecule has 1 aromatic rings. The molecule has 21 heavy (non-hydrogen) atoms. The second-order valence-electron chi connectivity index (χ2n) is 5.90. The Hall–Kier alpha value is -1.40. The molecule has 0 unspecified atom stereocenters. The van der Waals surface area contributed by atoms with Crippen LogP contribution in [0.4, 0.5) is 0 Å². The van der Waals surface area contributed by atoms with Crippen LogP contribution in [0.3, 0.4) is 0 Å². The average Bonchev–Trinajstić information content (AvgIpc) is 3.15. The molecule has 2 saturated heterocycles. The fraction of sp³-hybridized carbons (Fsp3) is 0.600. The van der Waals surface area contributed by atoms with Crippen molar-refractivity contribution < 1.29 is 9.59 Å². The van der Waals surface area contributed by atoms with Gasteiger partial charge in [-0.1, -0.05) is 6.07 Å². The summed E-state index contributed by atoms with van der Waals surface area (Å²) in [7, 11) is 1.67. The van der Waals surface area contributed by atoms with Gasteiger partial charge in [-0.2, -0.15) is 0 Å². The van der Waals surface area contributed by atoms with Crippen LogP contribution < -0.4 is 5.32 Å². The standard InChI is InChI=1S/C15H21N3O2S/c1-16-14(19)10-17-5-4-11-8-18(9-12(11)7-17)15(20)13-3-2-6-21-13/h2-3,6,11-12H,4-5,7-10H2,1H3,(H,16,19)/t11-,12+/m0/s1. The van der Waals surface area contributed by atoms with Crippen LogP contribution in [-0.2, 0) is 4.79 Å². The SMILES string of the molecule is CNC(=O)CN1CC[C@H]2CN(C(=O)c3cccs3)C[C@H]2C1. The highest BCUT2D eigenvalue weighted by Gasteiger charge is 2.39. The first-order valence-electron chi connectivity index (χ1n) is 7.43. The number of nitrogens with zero attached hydrogens (tertiary/aromatic N) is 2.